The Labute approximate surface area is 287 Å². The Hall–Kier alpha value is -6.16. The van der Waals surface area contributed by atoms with E-state index in [-0.39, 0.29) is 0 Å². The van der Waals surface area contributed by atoms with Crippen LogP contribution < -0.4 is 4.90 Å². The first-order valence-electron chi connectivity index (χ1n) is 16.6. The van der Waals surface area contributed by atoms with Gasteiger partial charge in [-0.3, -0.25) is 0 Å². The van der Waals surface area contributed by atoms with E-state index in [1.54, 1.807) is 0 Å². The lowest BCUT2D eigenvalue weighted by Crippen LogP contribution is -2.10. The molecule has 0 fully saturated rings. The number of furan rings is 1. The number of fused-ring (bicyclic) bond motifs is 8. The third-order valence-electron chi connectivity index (χ3n) is 9.65. The summed E-state index contributed by atoms with van der Waals surface area (Å²) in [4.78, 5) is 2.37. The molecule has 2 nitrogen and oxygen atoms in total. The van der Waals surface area contributed by atoms with Gasteiger partial charge in [-0.05, 0) is 87.6 Å². The molecule has 10 rings (SSSR count). The fourth-order valence-electron chi connectivity index (χ4n) is 7.34. The number of benzene rings is 8. The van der Waals surface area contributed by atoms with Crippen molar-refractivity contribution in [1.29, 1.82) is 0 Å². The average molecular weight is 644 g/mol. The standard InChI is InChI=1S/C46H29NOS/c1-2-10-30(11-3-1)33-12-8-13-35(28-33)47(36-26-22-32-23-27-43-45(41(32)29-36)40-15-4-6-18-42(40)48-43)34-24-20-31(21-25-34)37-16-9-17-39-38-14-5-7-19-44(38)49-46(37)39/h1-29H. The molecule has 2 aromatic heterocycles. The summed E-state index contributed by atoms with van der Waals surface area (Å²) in [7, 11) is 0. The van der Waals surface area contributed by atoms with E-state index in [2.05, 4.69) is 169 Å². The molecule has 3 heteroatoms. The Bertz CT molecular complexity index is 2830. The quantitative estimate of drug-likeness (QED) is 0.186. The van der Waals surface area contributed by atoms with Gasteiger partial charge in [0.15, 0.2) is 0 Å². The van der Waals surface area contributed by atoms with Gasteiger partial charge in [-0.15, -0.1) is 11.3 Å². The van der Waals surface area contributed by atoms with E-state index in [0.29, 0.717) is 0 Å². The summed E-state index contributed by atoms with van der Waals surface area (Å²) in [6.45, 7) is 0. The minimum absolute atomic E-state index is 0.906. The predicted molar refractivity (Wildman–Crippen MR) is 210 cm³/mol. The van der Waals surface area contributed by atoms with Gasteiger partial charge in [0, 0.05) is 48.0 Å². The number of para-hydroxylation sites is 1. The van der Waals surface area contributed by atoms with Gasteiger partial charge in [0.2, 0.25) is 0 Å². The van der Waals surface area contributed by atoms with E-state index in [1.165, 1.54) is 53.2 Å². The molecule has 0 bridgehead atoms. The van der Waals surface area contributed by atoms with Crippen LogP contribution in [0.4, 0.5) is 17.1 Å². The van der Waals surface area contributed by atoms with E-state index in [9.17, 15) is 0 Å². The van der Waals surface area contributed by atoms with Gasteiger partial charge in [-0.2, -0.15) is 0 Å². The van der Waals surface area contributed by atoms with Crippen LogP contribution in [0.3, 0.4) is 0 Å². The third kappa shape index (κ3) is 4.62. The molecule has 0 atom stereocenters. The second-order valence-corrected chi connectivity index (χ2v) is 13.6. The molecule has 2 heterocycles. The summed E-state index contributed by atoms with van der Waals surface area (Å²) in [5.74, 6) is 0. The minimum Gasteiger partial charge on any atom is -0.456 e. The van der Waals surface area contributed by atoms with Crippen LogP contribution in [0.2, 0.25) is 0 Å². The molecule has 0 saturated heterocycles. The van der Waals surface area contributed by atoms with Crippen molar-refractivity contribution in [2.75, 3.05) is 4.90 Å². The summed E-state index contributed by atoms with van der Waals surface area (Å²) in [5.41, 5.74) is 9.96. The highest BCUT2D eigenvalue weighted by atomic mass is 32.1. The summed E-state index contributed by atoms with van der Waals surface area (Å²) in [6.07, 6.45) is 0. The molecule has 0 aliphatic carbocycles. The number of nitrogens with zero attached hydrogens (tertiary/aromatic N) is 1. The number of hydrogen-bond donors (Lipinski definition) is 0. The van der Waals surface area contributed by atoms with Crippen molar-refractivity contribution < 1.29 is 4.42 Å². The number of rotatable bonds is 5. The van der Waals surface area contributed by atoms with Gasteiger partial charge < -0.3 is 9.32 Å². The van der Waals surface area contributed by atoms with Crippen LogP contribution in [0, 0.1) is 0 Å². The van der Waals surface area contributed by atoms with Gasteiger partial charge in [0.05, 0.1) is 0 Å². The zero-order valence-corrected chi connectivity index (χ0v) is 27.3. The van der Waals surface area contributed by atoms with Crippen LogP contribution in [-0.4, -0.2) is 0 Å². The Kier molecular flexibility index (Phi) is 6.39. The summed E-state index contributed by atoms with van der Waals surface area (Å²) in [5, 5.41) is 7.29. The lowest BCUT2D eigenvalue weighted by atomic mass is 10.0. The molecule has 49 heavy (non-hydrogen) atoms. The van der Waals surface area contributed by atoms with E-state index in [1.807, 2.05) is 23.5 Å². The normalized spacial score (nSPS) is 11.7. The van der Waals surface area contributed by atoms with Crippen molar-refractivity contribution >= 4 is 81.3 Å². The molecule has 0 saturated carbocycles. The lowest BCUT2D eigenvalue weighted by molar-refractivity contribution is 0.669. The molecule has 0 unspecified atom stereocenters. The molecule has 0 amide bonds. The number of thiophene rings is 1. The van der Waals surface area contributed by atoms with Crippen LogP contribution in [0.5, 0.6) is 0 Å². The fourth-order valence-corrected chi connectivity index (χ4v) is 8.58. The Balaban J connectivity index is 1.15. The minimum atomic E-state index is 0.906. The second-order valence-electron chi connectivity index (χ2n) is 12.5. The molecular formula is C46H29NOS. The number of anilines is 3. The SMILES string of the molecule is c1ccc(-c2cccc(N(c3ccc(-c4cccc5c4sc4ccccc45)cc3)c3ccc4ccc5oc6ccccc6c5c4c3)c2)cc1. The largest absolute Gasteiger partial charge is 0.456 e. The Morgan fingerprint density at radius 1 is 0.408 bits per heavy atom. The first-order chi connectivity index (χ1) is 24.3. The smallest absolute Gasteiger partial charge is 0.136 e. The van der Waals surface area contributed by atoms with E-state index >= 15 is 0 Å². The zero-order valence-electron chi connectivity index (χ0n) is 26.5. The first kappa shape index (κ1) is 27.9. The predicted octanol–water partition coefficient (Wildman–Crippen LogP) is 13.9. The van der Waals surface area contributed by atoms with E-state index in [0.717, 1.165) is 39.0 Å². The highest BCUT2D eigenvalue weighted by Gasteiger charge is 2.18. The molecule has 0 N–H and O–H groups in total. The number of hydrogen-bond acceptors (Lipinski definition) is 3. The molecule has 0 radical (unpaired) electrons. The van der Waals surface area contributed by atoms with Crippen molar-refractivity contribution in [2.45, 2.75) is 0 Å². The molecular weight excluding hydrogens is 615 g/mol. The van der Waals surface area contributed by atoms with Crippen molar-refractivity contribution in [3.8, 4) is 22.3 Å². The van der Waals surface area contributed by atoms with Crippen molar-refractivity contribution in [3.05, 3.63) is 176 Å². The molecule has 8 aromatic carbocycles. The average Bonchev–Trinajstić information content (AvgIpc) is 3.75. The van der Waals surface area contributed by atoms with Crippen LogP contribution >= 0.6 is 11.3 Å². The highest BCUT2D eigenvalue weighted by Crippen LogP contribution is 2.43. The summed E-state index contributed by atoms with van der Waals surface area (Å²) in [6, 6.07) is 63.2. The maximum Gasteiger partial charge on any atom is 0.136 e. The zero-order chi connectivity index (χ0) is 32.3. The van der Waals surface area contributed by atoms with Gasteiger partial charge in [-0.25, -0.2) is 0 Å². The van der Waals surface area contributed by atoms with Crippen LogP contribution in [0.25, 0.3) is 75.1 Å². The summed E-state index contributed by atoms with van der Waals surface area (Å²) >= 11 is 1.87. The Morgan fingerprint density at radius 2 is 1.10 bits per heavy atom. The van der Waals surface area contributed by atoms with E-state index in [4.69, 9.17) is 4.42 Å². The molecule has 10 aromatic rings. The Morgan fingerprint density at radius 3 is 2.00 bits per heavy atom. The maximum atomic E-state index is 6.29. The van der Waals surface area contributed by atoms with Crippen LogP contribution in [0.15, 0.2) is 180 Å². The maximum absolute atomic E-state index is 6.29. The van der Waals surface area contributed by atoms with Crippen molar-refractivity contribution in [2.24, 2.45) is 0 Å². The third-order valence-corrected chi connectivity index (χ3v) is 10.9. The lowest BCUT2D eigenvalue weighted by Gasteiger charge is -2.26. The first-order valence-corrected chi connectivity index (χ1v) is 17.4. The van der Waals surface area contributed by atoms with Gasteiger partial charge >= 0.3 is 0 Å². The van der Waals surface area contributed by atoms with E-state index < -0.39 is 0 Å². The molecule has 0 aliphatic heterocycles. The van der Waals surface area contributed by atoms with Gasteiger partial charge in [-0.1, -0.05) is 121 Å². The second kappa shape index (κ2) is 11.2. The van der Waals surface area contributed by atoms with Crippen LogP contribution in [0.1, 0.15) is 0 Å². The monoisotopic (exact) mass is 643 g/mol. The molecule has 0 aliphatic rings. The van der Waals surface area contributed by atoms with Crippen molar-refractivity contribution in [3.63, 3.8) is 0 Å². The fraction of sp³-hybridized carbons (Fsp3) is 0. The molecule has 0 spiro atoms. The van der Waals surface area contributed by atoms with Gasteiger partial charge in [0.25, 0.3) is 0 Å². The summed E-state index contributed by atoms with van der Waals surface area (Å²) < 4.78 is 8.94. The van der Waals surface area contributed by atoms with Gasteiger partial charge in [0.1, 0.15) is 11.2 Å². The molecule has 230 valence electrons. The van der Waals surface area contributed by atoms with Crippen molar-refractivity contribution in [1.82, 2.24) is 0 Å². The topological polar surface area (TPSA) is 16.4 Å². The van der Waals surface area contributed by atoms with Crippen LogP contribution in [-0.2, 0) is 0 Å². The highest BCUT2D eigenvalue weighted by molar-refractivity contribution is 7.26.